The lowest BCUT2D eigenvalue weighted by Crippen LogP contribution is -2.38. The summed E-state index contributed by atoms with van der Waals surface area (Å²) >= 11 is 1.90. The summed E-state index contributed by atoms with van der Waals surface area (Å²) in [5.41, 5.74) is 6.33. The fraction of sp³-hybridized carbons (Fsp3) is 0.867. The molecular weight excluding hydrogens is 268 g/mol. The molecule has 1 aromatic rings. The van der Waals surface area contributed by atoms with Gasteiger partial charge in [0.1, 0.15) is 5.82 Å². The lowest BCUT2D eigenvalue weighted by atomic mass is 9.87. The molecule has 1 heterocycles. The summed E-state index contributed by atoms with van der Waals surface area (Å²) < 4.78 is 2.45. The summed E-state index contributed by atoms with van der Waals surface area (Å²) in [6.45, 7) is 2.35. The Morgan fingerprint density at radius 3 is 2.60 bits per heavy atom. The van der Waals surface area contributed by atoms with Gasteiger partial charge in [0.2, 0.25) is 0 Å². The van der Waals surface area contributed by atoms with E-state index in [2.05, 4.69) is 21.7 Å². The summed E-state index contributed by atoms with van der Waals surface area (Å²) in [4.78, 5) is 0. The molecule has 1 aromatic heterocycles. The summed E-state index contributed by atoms with van der Waals surface area (Å²) in [5.74, 6) is 2.75. The molecule has 0 aliphatic heterocycles. The Morgan fingerprint density at radius 1 is 1.10 bits per heavy atom. The second-order valence-corrected chi connectivity index (χ2v) is 8.16. The highest BCUT2D eigenvalue weighted by atomic mass is 32.2. The molecule has 3 unspecified atom stereocenters. The van der Waals surface area contributed by atoms with Gasteiger partial charge in [-0.3, -0.25) is 0 Å². The molecule has 0 saturated heterocycles. The first-order valence-corrected chi connectivity index (χ1v) is 8.97. The number of aromatic nitrogens is 3. The quantitative estimate of drug-likeness (QED) is 0.926. The molecule has 0 aromatic carbocycles. The lowest BCUT2D eigenvalue weighted by Gasteiger charge is -2.31. The third-order valence-electron chi connectivity index (χ3n) is 4.91. The SMILES string of the molecule is CC1CCC(N)C(Sc2nnc(C3CC3)n2C2CC2)C1. The van der Waals surface area contributed by atoms with E-state index in [1.54, 1.807) is 0 Å². The third-order valence-corrected chi connectivity index (χ3v) is 6.24. The second kappa shape index (κ2) is 5.02. The number of hydrogen-bond acceptors (Lipinski definition) is 4. The maximum atomic E-state index is 6.33. The number of thioether (sulfide) groups is 1. The van der Waals surface area contributed by atoms with E-state index >= 15 is 0 Å². The number of hydrogen-bond donors (Lipinski definition) is 1. The summed E-state index contributed by atoms with van der Waals surface area (Å²) in [6.07, 6.45) is 8.87. The van der Waals surface area contributed by atoms with E-state index in [1.165, 1.54) is 44.3 Å². The van der Waals surface area contributed by atoms with E-state index in [9.17, 15) is 0 Å². The average Bonchev–Trinajstić information content (AvgIpc) is 3.33. The molecule has 110 valence electrons. The fourth-order valence-electron chi connectivity index (χ4n) is 3.29. The number of rotatable bonds is 4. The Hall–Kier alpha value is -0.550. The van der Waals surface area contributed by atoms with Crippen LogP contribution in [0.4, 0.5) is 0 Å². The molecule has 4 nitrogen and oxygen atoms in total. The zero-order chi connectivity index (χ0) is 13.7. The molecule has 3 fully saturated rings. The van der Waals surface area contributed by atoms with E-state index in [-0.39, 0.29) is 0 Å². The highest BCUT2D eigenvalue weighted by Gasteiger charge is 2.37. The normalized spacial score (nSPS) is 34.4. The van der Waals surface area contributed by atoms with Gasteiger partial charge in [-0.25, -0.2) is 0 Å². The van der Waals surface area contributed by atoms with Crippen LogP contribution >= 0.6 is 11.8 Å². The van der Waals surface area contributed by atoms with Crippen molar-refractivity contribution < 1.29 is 0 Å². The van der Waals surface area contributed by atoms with Crippen LogP contribution in [0.25, 0.3) is 0 Å². The lowest BCUT2D eigenvalue weighted by molar-refractivity contribution is 0.357. The largest absolute Gasteiger partial charge is 0.327 e. The van der Waals surface area contributed by atoms with Crippen molar-refractivity contribution in [1.29, 1.82) is 0 Å². The van der Waals surface area contributed by atoms with Crippen molar-refractivity contribution in [2.75, 3.05) is 0 Å². The third kappa shape index (κ3) is 2.50. The molecule has 3 aliphatic carbocycles. The van der Waals surface area contributed by atoms with Crippen LogP contribution in [-0.4, -0.2) is 26.1 Å². The molecule has 3 aliphatic rings. The smallest absolute Gasteiger partial charge is 0.191 e. The standard InChI is InChI=1S/C15H24N4S/c1-9-2-7-12(16)13(8-9)20-15-18-17-14(10-3-4-10)19(15)11-5-6-11/h9-13H,2-8,16H2,1H3. The van der Waals surface area contributed by atoms with Crippen LogP contribution in [0.15, 0.2) is 5.16 Å². The maximum absolute atomic E-state index is 6.33. The highest BCUT2D eigenvalue weighted by Crippen LogP contribution is 2.47. The Morgan fingerprint density at radius 2 is 1.90 bits per heavy atom. The van der Waals surface area contributed by atoms with Gasteiger partial charge >= 0.3 is 0 Å². The zero-order valence-electron chi connectivity index (χ0n) is 12.2. The van der Waals surface area contributed by atoms with Crippen molar-refractivity contribution in [3.63, 3.8) is 0 Å². The van der Waals surface area contributed by atoms with Crippen LogP contribution in [0.1, 0.15) is 69.7 Å². The van der Waals surface area contributed by atoms with E-state index in [4.69, 9.17) is 5.73 Å². The molecule has 0 amide bonds. The van der Waals surface area contributed by atoms with Crippen molar-refractivity contribution in [3.8, 4) is 0 Å². The monoisotopic (exact) mass is 292 g/mol. The van der Waals surface area contributed by atoms with Gasteiger partial charge in [-0.05, 0) is 50.9 Å². The van der Waals surface area contributed by atoms with E-state index in [0.717, 1.165) is 17.5 Å². The van der Waals surface area contributed by atoms with Gasteiger partial charge in [-0.1, -0.05) is 18.7 Å². The maximum Gasteiger partial charge on any atom is 0.191 e. The van der Waals surface area contributed by atoms with Gasteiger partial charge in [-0.15, -0.1) is 10.2 Å². The molecule has 0 bridgehead atoms. The van der Waals surface area contributed by atoms with Gasteiger partial charge in [0.15, 0.2) is 5.16 Å². The average molecular weight is 292 g/mol. The first kappa shape index (κ1) is 13.1. The van der Waals surface area contributed by atoms with Crippen molar-refractivity contribution >= 4 is 11.8 Å². The summed E-state index contributed by atoms with van der Waals surface area (Å²) in [7, 11) is 0. The molecular formula is C15H24N4S. The van der Waals surface area contributed by atoms with Gasteiger partial charge in [-0.2, -0.15) is 0 Å². The van der Waals surface area contributed by atoms with Gasteiger partial charge in [0.05, 0.1) is 0 Å². The van der Waals surface area contributed by atoms with Crippen LogP contribution < -0.4 is 5.73 Å². The Bertz CT molecular complexity index is 492. The van der Waals surface area contributed by atoms with Crippen molar-refractivity contribution in [3.05, 3.63) is 5.82 Å². The van der Waals surface area contributed by atoms with Crippen LogP contribution in [0.3, 0.4) is 0 Å². The first-order chi connectivity index (χ1) is 9.72. The van der Waals surface area contributed by atoms with E-state index < -0.39 is 0 Å². The molecule has 2 N–H and O–H groups in total. The van der Waals surface area contributed by atoms with Crippen LogP contribution in [0.2, 0.25) is 0 Å². The minimum absolute atomic E-state index is 0.324. The molecule has 5 heteroatoms. The minimum atomic E-state index is 0.324. The predicted molar refractivity (Wildman–Crippen MR) is 80.9 cm³/mol. The Kier molecular flexibility index (Phi) is 3.30. The molecule has 20 heavy (non-hydrogen) atoms. The van der Waals surface area contributed by atoms with Crippen LogP contribution in [-0.2, 0) is 0 Å². The van der Waals surface area contributed by atoms with Crippen molar-refractivity contribution in [2.45, 2.75) is 80.3 Å². The van der Waals surface area contributed by atoms with Crippen LogP contribution in [0.5, 0.6) is 0 Å². The zero-order valence-corrected chi connectivity index (χ0v) is 13.0. The minimum Gasteiger partial charge on any atom is -0.327 e. The molecule has 3 atom stereocenters. The second-order valence-electron chi connectivity index (χ2n) is 6.95. The van der Waals surface area contributed by atoms with Crippen LogP contribution in [0, 0.1) is 5.92 Å². The van der Waals surface area contributed by atoms with Crippen molar-refractivity contribution in [1.82, 2.24) is 14.8 Å². The molecule has 4 rings (SSSR count). The number of nitrogens with zero attached hydrogens (tertiary/aromatic N) is 3. The summed E-state index contributed by atoms with van der Waals surface area (Å²) in [5, 5.41) is 10.7. The van der Waals surface area contributed by atoms with Gasteiger partial charge in [0.25, 0.3) is 0 Å². The van der Waals surface area contributed by atoms with Crippen molar-refractivity contribution in [2.24, 2.45) is 11.7 Å². The van der Waals surface area contributed by atoms with Gasteiger partial charge < -0.3 is 10.3 Å². The molecule has 0 radical (unpaired) electrons. The van der Waals surface area contributed by atoms with E-state index in [1.807, 2.05) is 11.8 Å². The van der Waals surface area contributed by atoms with Gasteiger partial charge in [0, 0.05) is 23.3 Å². The fourth-order valence-corrected chi connectivity index (χ4v) is 4.74. The topological polar surface area (TPSA) is 56.7 Å². The summed E-state index contributed by atoms with van der Waals surface area (Å²) in [6, 6.07) is 1.00. The van der Waals surface area contributed by atoms with E-state index in [0.29, 0.717) is 23.3 Å². The molecule has 0 spiro atoms. The predicted octanol–water partition coefficient (Wildman–Crippen LogP) is 3.10. The Labute approximate surface area is 124 Å². The number of nitrogens with two attached hydrogens (primary N) is 1. The molecule has 3 saturated carbocycles. The Balaban J connectivity index is 1.55. The highest BCUT2D eigenvalue weighted by molar-refractivity contribution is 7.99. The first-order valence-electron chi connectivity index (χ1n) is 8.09.